The number of guanidine groups is 1. The summed E-state index contributed by atoms with van der Waals surface area (Å²) < 4.78 is 5.31. The first-order valence-electron chi connectivity index (χ1n) is 8.36. The molecule has 1 aromatic rings. The number of alkyl carbamates (subject to hydrolysis) is 1. The second kappa shape index (κ2) is 9.84. The van der Waals surface area contributed by atoms with Crippen LogP contribution in [0.1, 0.15) is 32.8 Å². The molecule has 1 unspecified atom stereocenters. The van der Waals surface area contributed by atoms with E-state index < -0.39 is 5.60 Å². The van der Waals surface area contributed by atoms with E-state index in [2.05, 4.69) is 32.7 Å². The number of benzene rings is 1. The van der Waals surface area contributed by atoms with Gasteiger partial charge in [0, 0.05) is 26.7 Å². The highest BCUT2D eigenvalue weighted by atomic mass is 127. The van der Waals surface area contributed by atoms with E-state index in [1.54, 1.807) is 7.05 Å². The Kier molecular flexibility index (Phi) is 8.47. The first-order chi connectivity index (χ1) is 11.4. The number of nitrogens with one attached hydrogen (secondary N) is 2. The van der Waals surface area contributed by atoms with E-state index in [0.717, 1.165) is 32.0 Å². The second-order valence-electron chi connectivity index (χ2n) is 6.96. The molecule has 0 saturated carbocycles. The molecular weight excluding hydrogens is 431 g/mol. The third-order valence-corrected chi connectivity index (χ3v) is 3.71. The first-order valence-corrected chi connectivity index (χ1v) is 8.36. The van der Waals surface area contributed by atoms with Crippen molar-refractivity contribution in [3.8, 4) is 0 Å². The summed E-state index contributed by atoms with van der Waals surface area (Å²) in [6.45, 7) is 7.91. The minimum Gasteiger partial charge on any atom is -0.444 e. The van der Waals surface area contributed by atoms with Crippen molar-refractivity contribution >= 4 is 36.0 Å². The molecule has 6 nitrogen and oxygen atoms in total. The topological polar surface area (TPSA) is 66.0 Å². The second-order valence-corrected chi connectivity index (χ2v) is 6.96. The van der Waals surface area contributed by atoms with E-state index >= 15 is 0 Å². The van der Waals surface area contributed by atoms with Crippen molar-refractivity contribution in [3.05, 3.63) is 35.9 Å². The van der Waals surface area contributed by atoms with Gasteiger partial charge in [0.05, 0.1) is 6.04 Å². The number of halogens is 1. The standard InChI is InChI=1S/C18H28N4O2.HI/c1-18(2,3)24-17(23)21-15-10-11-22(13-15)16(19-4)20-12-14-8-6-5-7-9-14;/h5-9,15H,10-13H2,1-4H3,(H,19,20)(H,21,23);1H. The van der Waals surface area contributed by atoms with Gasteiger partial charge in [-0.3, -0.25) is 4.99 Å². The highest BCUT2D eigenvalue weighted by Crippen LogP contribution is 2.12. The van der Waals surface area contributed by atoms with Crippen LogP contribution in [0.15, 0.2) is 35.3 Å². The summed E-state index contributed by atoms with van der Waals surface area (Å²) in [4.78, 5) is 18.4. The van der Waals surface area contributed by atoms with Gasteiger partial charge in [-0.05, 0) is 32.8 Å². The molecule has 1 amide bonds. The third kappa shape index (κ3) is 7.50. The average molecular weight is 460 g/mol. The molecule has 0 spiro atoms. The van der Waals surface area contributed by atoms with Crippen LogP contribution in [0, 0.1) is 0 Å². The first kappa shape index (κ1) is 21.5. The van der Waals surface area contributed by atoms with Crippen molar-refractivity contribution in [1.29, 1.82) is 0 Å². The Labute approximate surface area is 167 Å². The fourth-order valence-electron chi connectivity index (χ4n) is 2.65. The fraction of sp³-hybridized carbons (Fsp3) is 0.556. The van der Waals surface area contributed by atoms with Crippen molar-refractivity contribution in [2.24, 2.45) is 4.99 Å². The summed E-state index contributed by atoms with van der Waals surface area (Å²) in [5.74, 6) is 0.854. The number of hydrogen-bond acceptors (Lipinski definition) is 3. The zero-order valence-electron chi connectivity index (χ0n) is 15.4. The summed E-state index contributed by atoms with van der Waals surface area (Å²) in [5.41, 5.74) is 0.733. The van der Waals surface area contributed by atoms with Gasteiger partial charge < -0.3 is 20.3 Å². The maximum atomic E-state index is 11.9. The molecular formula is C18H29IN4O2. The number of ether oxygens (including phenoxy) is 1. The van der Waals surface area contributed by atoms with Crippen LogP contribution in [0.25, 0.3) is 0 Å². The largest absolute Gasteiger partial charge is 0.444 e. The molecule has 1 fully saturated rings. The Morgan fingerprint density at radius 3 is 2.60 bits per heavy atom. The van der Waals surface area contributed by atoms with Crippen molar-refractivity contribution in [1.82, 2.24) is 15.5 Å². The quantitative estimate of drug-likeness (QED) is 0.414. The Morgan fingerprint density at radius 2 is 2.00 bits per heavy atom. The van der Waals surface area contributed by atoms with E-state index in [4.69, 9.17) is 4.74 Å². The van der Waals surface area contributed by atoms with E-state index in [0.29, 0.717) is 0 Å². The molecule has 1 aliphatic rings. The maximum Gasteiger partial charge on any atom is 0.407 e. The van der Waals surface area contributed by atoms with Gasteiger partial charge in [-0.15, -0.1) is 24.0 Å². The number of likely N-dealkylation sites (tertiary alicyclic amines) is 1. The molecule has 1 heterocycles. The van der Waals surface area contributed by atoms with Crippen LogP contribution in [0.4, 0.5) is 4.79 Å². The molecule has 1 aromatic carbocycles. The van der Waals surface area contributed by atoms with Crippen LogP contribution in [-0.2, 0) is 11.3 Å². The Balaban J connectivity index is 0.00000312. The lowest BCUT2D eigenvalue weighted by atomic mass is 10.2. The van der Waals surface area contributed by atoms with E-state index in [9.17, 15) is 4.79 Å². The predicted molar refractivity (Wildman–Crippen MR) is 111 cm³/mol. The molecule has 1 aliphatic heterocycles. The van der Waals surface area contributed by atoms with Gasteiger partial charge in [0.25, 0.3) is 0 Å². The average Bonchev–Trinajstić information content (AvgIpc) is 2.95. The van der Waals surface area contributed by atoms with Crippen molar-refractivity contribution in [2.45, 2.75) is 45.4 Å². The van der Waals surface area contributed by atoms with Crippen LogP contribution < -0.4 is 10.6 Å². The summed E-state index contributed by atoms with van der Waals surface area (Å²) in [7, 11) is 1.78. The molecule has 0 aliphatic carbocycles. The monoisotopic (exact) mass is 460 g/mol. The van der Waals surface area contributed by atoms with E-state index in [1.165, 1.54) is 5.56 Å². The Morgan fingerprint density at radius 1 is 1.32 bits per heavy atom. The van der Waals surface area contributed by atoms with Gasteiger partial charge in [0.2, 0.25) is 0 Å². The Bertz CT molecular complexity index is 572. The Hall–Kier alpha value is -1.51. The van der Waals surface area contributed by atoms with Crippen molar-refractivity contribution < 1.29 is 9.53 Å². The number of nitrogens with zero attached hydrogens (tertiary/aromatic N) is 2. The van der Waals surface area contributed by atoms with Gasteiger partial charge in [0.15, 0.2) is 5.96 Å². The minimum absolute atomic E-state index is 0. The van der Waals surface area contributed by atoms with Crippen LogP contribution in [0.5, 0.6) is 0 Å². The van der Waals surface area contributed by atoms with Gasteiger partial charge in [0.1, 0.15) is 5.60 Å². The van der Waals surface area contributed by atoms with Gasteiger partial charge in [-0.1, -0.05) is 30.3 Å². The highest BCUT2D eigenvalue weighted by molar-refractivity contribution is 14.0. The summed E-state index contributed by atoms with van der Waals surface area (Å²) >= 11 is 0. The number of carbonyl (C=O) groups excluding carboxylic acids is 1. The van der Waals surface area contributed by atoms with E-state index in [-0.39, 0.29) is 36.1 Å². The van der Waals surface area contributed by atoms with Gasteiger partial charge >= 0.3 is 6.09 Å². The van der Waals surface area contributed by atoms with Crippen LogP contribution >= 0.6 is 24.0 Å². The lowest BCUT2D eigenvalue weighted by molar-refractivity contribution is 0.0507. The zero-order chi connectivity index (χ0) is 17.6. The normalized spacial score (nSPS) is 17.7. The van der Waals surface area contributed by atoms with Crippen molar-refractivity contribution in [3.63, 3.8) is 0 Å². The number of hydrogen-bond donors (Lipinski definition) is 2. The number of aliphatic imine (C=N–C) groups is 1. The van der Waals surface area contributed by atoms with Crippen LogP contribution in [0.2, 0.25) is 0 Å². The highest BCUT2D eigenvalue weighted by Gasteiger charge is 2.27. The minimum atomic E-state index is -0.477. The summed E-state index contributed by atoms with van der Waals surface area (Å²) in [6.07, 6.45) is 0.521. The van der Waals surface area contributed by atoms with Crippen LogP contribution in [-0.4, -0.2) is 48.7 Å². The third-order valence-electron chi connectivity index (χ3n) is 3.71. The van der Waals surface area contributed by atoms with Gasteiger partial charge in [-0.25, -0.2) is 4.79 Å². The fourth-order valence-corrected chi connectivity index (χ4v) is 2.65. The SMILES string of the molecule is CN=C(NCc1ccccc1)N1CCC(NC(=O)OC(C)(C)C)C1.I. The molecule has 2 rings (SSSR count). The summed E-state index contributed by atoms with van der Waals surface area (Å²) in [6, 6.07) is 10.3. The lowest BCUT2D eigenvalue weighted by Gasteiger charge is -2.23. The molecule has 140 valence electrons. The molecule has 25 heavy (non-hydrogen) atoms. The molecule has 2 N–H and O–H groups in total. The van der Waals surface area contributed by atoms with Crippen LogP contribution in [0.3, 0.4) is 0 Å². The number of rotatable bonds is 3. The molecule has 1 atom stereocenters. The maximum absolute atomic E-state index is 11.9. The molecule has 1 saturated heterocycles. The number of carbonyl (C=O) groups is 1. The van der Waals surface area contributed by atoms with Gasteiger partial charge in [-0.2, -0.15) is 0 Å². The molecule has 0 radical (unpaired) electrons. The molecule has 7 heteroatoms. The van der Waals surface area contributed by atoms with Crippen molar-refractivity contribution in [2.75, 3.05) is 20.1 Å². The van der Waals surface area contributed by atoms with E-state index in [1.807, 2.05) is 39.0 Å². The molecule has 0 aromatic heterocycles. The smallest absolute Gasteiger partial charge is 0.407 e. The number of amides is 1. The predicted octanol–water partition coefficient (Wildman–Crippen LogP) is 2.98. The zero-order valence-corrected chi connectivity index (χ0v) is 17.7. The lowest BCUT2D eigenvalue weighted by Crippen LogP contribution is -2.44. The molecule has 0 bridgehead atoms. The summed E-state index contributed by atoms with van der Waals surface area (Å²) in [5, 5.41) is 6.30.